The largest absolute Gasteiger partial charge is 0.343 e. The summed E-state index contributed by atoms with van der Waals surface area (Å²) in [6.45, 7) is 4.80. The number of rotatable bonds is 2. The highest BCUT2D eigenvalue weighted by Gasteiger charge is 2.51. The van der Waals surface area contributed by atoms with E-state index in [9.17, 15) is 8.42 Å². The molecule has 4 nitrogen and oxygen atoms in total. The maximum Gasteiger partial charge on any atom is 0.176 e. The predicted octanol–water partition coefficient (Wildman–Crippen LogP) is 1.59. The van der Waals surface area contributed by atoms with E-state index in [1.165, 1.54) is 5.56 Å². The number of hydrogen-bond acceptors (Lipinski definition) is 3. The van der Waals surface area contributed by atoms with Gasteiger partial charge in [0.25, 0.3) is 0 Å². The summed E-state index contributed by atoms with van der Waals surface area (Å²) in [5.41, 5.74) is 2.17. The molecule has 3 rings (SSSR count). The van der Waals surface area contributed by atoms with E-state index in [4.69, 9.17) is 12.2 Å². The summed E-state index contributed by atoms with van der Waals surface area (Å²) >= 11 is 5.56. The Labute approximate surface area is 125 Å². The molecule has 2 heterocycles. The monoisotopic (exact) mass is 310 g/mol. The zero-order valence-corrected chi connectivity index (χ0v) is 13.2. The first-order valence-corrected chi connectivity index (χ1v) is 9.03. The van der Waals surface area contributed by atoms with Gasteiger partial charge >= 0.3 is 0 Å². The van der Waals surface area contributed by atoms with Gasteiger partial charge in [-0.3, -0.25) is 0 Å². The summed E-state index contributed by atoms with van der Waals surface area (Å²) in [4.78, 5) is 4.07. The Morgan fingerprint density at radius 3 is 2.40 bits per heavy atom. The quantitative estimate of drug-likeness (QED) is 0.776. The van der Waals surface area contributed by atoms with Gasteiger partial charge in [0, 0.05) is 12.2 Å². The third kappa shape index (κ3) is 2.11. The number of thiocarbonyl (C=S) groups is 1. The summed E-state index contributed by atoms with van der Waals surface area (Å²) in [5, 5.41) is 0.751. The fourth-order valence-electron chi connectivity index (χ4n) is 3.15. The van der Waals surface area contributed by atoms with E-state index in [0.717, 1.165) is 17.3 Å². The number of aryl methyl sites for hydroxylation is 1. The van der Waals surface area contributed by atoms with Crippen molar-refractivity contribution in [3.05, 3.63) is 29.8 Å². The number of sulfone groups is 1. The molecule has 0 saturated carbocycles. The lowest BCUT2D eigenvalue weighted by Crippen LogP contribution is -2.37. The number of likely N-dealkylation sites (N-methyl/N-ethyl adjacent to an activating group) is 1. The van der Waals surface area contributed by atoms with Crippen molar-refractivity contribution in [3.8, 4) is 0 Å². The van der Waals surface area contributed by atoms with Gasteiger partial charge in [-0.15, -0.1) is 0 Å². The molecule has 1 aromatic carbocycles. The van der Waals surface area contributed by atoms with Crippen LogP contribution in [-0.4, -0.2) is 48.6 Å². The SMILES string of the molecule is CCN1C(=S)N(c2ccc(C)cc2)[C@H]2CS(=O)(=O)C[C@H]21. The molecule has 2 atom stereocenters. The van der Waals surface area contributed by atoms with Gasteiger partial charge in [0.1, 0.15) is 0 Å². The second-order valence-electron chi connectivity index (χ2n) is 5.49. The third-order valence-corrected chi connectivity index (χ3v) is 6.26. The van der Waals surface area contributed by atoms with E-state index in [-0.39, 0.29) is 23.6 Å². The van der Waals surface area contributed by atoms with Crippen molar-refractivity contribution in [1.82, 2.24) is 4.90 Å². The first-order valence-electron chi connectivity index (χ1n) is 6.80. The third-order valence-electron chi connectivity index (χ3n) is 4.13. The van der Waals surface area contributed by atoms with Crippen molar-refractivity contribution in [2.45, 2.75) is 25.9 Å². The predicted molar refractivity (Wildman–Crippen MR) is 84.9 cm³/mol. The molecular formula is C14H18N2O2S2. The van der Waals surface area contributed by atoms with Crippen LogP contribution in [-0.2, 0) is 9.84 Å². The molecule has 0 amide bonds. The van der Waals surface area contributed by atoms with Crippen molar-refractivity contribution in [2.75, 3.05) is 23.0 Å². The molecule has 0 aromatic heterocycles. The van der Waals surface area contributed by atoms with Gasteiger partial charge in [0.05, 0.1) is 23.6 Å². The summed E-state index contributed by atoms with van der Waals surface area (Å²) < 4.78 is 23.9. The van der Waals surface area contributed by atoms with Crippen molar-refractivity contribution in [1.29, 1.82) is 0 Å². The molecule has 1 aromatic rings. The molecule has 0 radical (unpaired) electrons. The molecule has 2 aliphatic heterocycles. The number of hydrogen-bond donors (Lipinski definition) is 0. The van der Waals surface area contributed by atoms with Crippen LogP contribution in [0.5, 0.6) is 0 Å². The van der Waals surface area contributed by atoms with Crippen LogP contribution in [0.1, 0.15) is 12.5 Å². The zero-order valence-electron chi connectivity index (χ0n) is 11.6. The molecular weight excluding hydrogens is 292 g/mol. The van der Waals surface area contributed by atoms with Crippen molar-refractivity contribution in [3.63, 3.8) is 0 Å². The average molecular weight is 310 g/mol. The van der Waals surface area contributed by atoms with Gasteiger partial charge in [0.2, 0.25) is 0 Å². The Hall–Kier alpha value is -1.14. The first-order chi connectivity index (χ1) is 9.43. The molecule has 0 aliphatic carbocycles. The van der Waals surface area contributed by atoms with Crippen LogP contribution in [0.4, 0.5) is 5.69 Å². The molecule has 20 heavy (non-hydrogen) atoms. The summed E-state index contributed by atoms with van der Waals surface area (Å²) in [6.07, 6.45) is 0. The molecule has 6 heteroatoms. The van der Waals surface area contributed by atoms with Crippen LogP contribution in [0.25, 0.3) is 0 Å². The Kier molecular flexibility index (Phi) is 3.25. The maximum absolute atomic E-state index is 11.9. The lowest BCUT2D eigenvalue weighted by molar-refractivity contribution is 0.373. The van der Waals surface area contributed by atoms with Gasteiger partial charge < -0.3 is 9.80 Å². The van der Waals surface area contributed by atoms with E-state index < -0.39 is 9.84 Å². The minimum atomic E-state index is -2.96. The van der Waals surface area contributed by atoms with Gasteiger partial charge in [-0.25, -0.2) is 8.42 Å². The molecule has 0 bridgehead atoms. The van der Waals surface area contributed by atoms with Crippen LogP contribution >= 0.6 is 12.2 Å². The smallest absolute Gasteiger partial charge is 0.176 e. The number of nitrogens with zero attached hydrogens (tertiary/aromatic N) is 2. The Morgan fingerprint density at radius 1 is 1.20 bits per heavy atom. The van der Waals surface area contributed by atoms with Gasteiger partial charge in [-0.05, 0) is 38.2 Å². The minimum Gasteiger partial charge on any atom is -0.343 e. The Morgan fingerprint density at radius 2 is 1.80 bits per heavy atom. The lowest BCUT2D eigenvalue weighted by Gasteiger charge is -2.24. The topological polar surface area (TPSA) is 40.6 Å². The Bertz CT molecular complexity index is 640. The molecule has 0 unspecified atom stereocenters. The lowest BCUT2D eigenvalue weighted by atomic mass is 10.1. The summed E-state index contributed by atoms with van der Waals surface area (Å²) in [7, 11) is -2.96. The van der Waals surface area contributed by atoms with Crippen LogP contribution in [0.3, 0.4) is 0 Å². The van der Waals surface area contributed by atoms with Gasteiger partial charge in [-0.2, -0.15) is 0 Å². The fraction of sp³-hybridized carbons (Fsp3) is 0.500. The van der Waals surface area contributed by atoms with Crippen molar-refractivity contribution < 1.29 is 8.42 Å². The normalized spacial score (nSPS) is 28.0. The van der Waals surface area contributed by atoms with Crippen molar-refractivity contribution >= 4 is 32.9 Å². The Balaban J connectivity index is 2.01. The highest BCUT2D eigenvalue weighted by molar-refractivity contribution is 7.91. The molecule has 108 valence electrons. The number of fused-ring (bicyclic) bond motifs is 1. The first kappa shape index (κ1) is 13.8. The van der Waals surface area contributed by atoms with Crippen molar-refractivity contribution in [2.24, 2.45) is 0 Å². The second kappa shape index (κ2) is 4.70. The zero-order chi connectivity index (χ0) is 14.5. The summed E-state index contributed by atoms with van der Waals surface area (Å²) in [5.74, 6) is 0.413. The van der Waals surface area contributed by atoms with E-state index in [2.05, 4.69) is 0 Å². The van der Waals surface area contributed by atoms with Gasteiger partial charge in [-0.1, -0.05) is 17.7 Å². The van der Waals surface area contributed by atoms with Crippen LogP contribution in [0, 0.1) is 6.92 Å². The number of benzene rings is 1. The highest BCUT2D eigenvalue weighted by atomic mass is 32.2. The van der Waals surface area contributed by atoms with E-state index in [1.807, 2.05) is 47.9 Å². The van der Waals surface area contributed by atoms with Gasteiger partial charge in [0.15, 0.2) is 14.9 Å². The maximum atomic E-state index is 11.9. The minimum absolute atomic E-state index is 0.00111. The molecule has 2 saturated heterocycles. The molecule has 2 fully saturated rings. The fourth-order valence-corrected chi connectivity index (χ4v) is 5.61. The van der Waals surface area contributed by atoms with E-state index >= 15 is 0 Å². The van der Waals surface area contributed by atoms with Crippen LogP contribution in [0.15, 0.2) is 24.3 Å². The highest BCUT2D eigenvalue weighted by Crippen LogP contribution is 2.34. The second-order valence-corrected chi connectivity index (χ2v) is 8.00. The average Bonchev–Trinajstić information content (AvgIpc) is 2.80. The molecule has 2 aliphatic rings. The van der Waals surface area contributed by atoms with E-state index in [0.29, 0.717) is 0 Å². The van der Waals surface area contributed by atoms with E-state index in [1.54, 1.807) is 0 Å². The molecule has 0 N–H and O–H groups in total. The van der Waals surface area contributed by atoms with Crippen LogP contribution in [0.2, 0.25) is 0 Å². The summed E-state index contributed by atoms with van der Waals surface area (Å²) in [6, 6.07) is 8.05. The standard InChI is InChI=1S/C14H18N2O2S2/c1-3-15-12-8-20(17,18)9-13(12)16(14(15)19)11-6-4-10(2)5-7-11/h4-7,12-13H,3,8-9H2,1-2H3/t12-,13+/m1/s1. The van der Waals surface area contributed by atoms with Crippen LogP contribution < -0.4 is 4.90 Å². The molecule has 0 spiro atoms. The number of anilines is 1.